The second-order valence-corrected chi connectivity index (χ2v) is 6.09. The Bertz CT molecular complexity index is 910. The van der Waals surface area contributed by atoms with E-state index in [0.29, 0.717) is 32.5 Å². The van der Waals surface area contributed by atoms with Crippen LogP contribution in [-0.4, -0.2) is 4.98 Å². The molecular weight excluding hydrogens is 371 g/mol. The lowest BCUT2D eigenvalue weighted by molar-refractivity contribution is 0.638. The van der Waals surface area contributed by atoms with Gasteiger partial charge in [0.2, 0.25) is 5.56 Å². The quantitative estimate of drug-likeness (QED) is 0.691. The minimum Gasteiger partial charge on any atom is -0.381 e. The van der Waals surface area contributed by atoms with Crippen molar-refractivity contribution in [2.45, 2.75) is 6.54 Å². The molecule has 6 heteroatoms. The molecule has 0 bridgehead atoms. The molecule has 2 N–H and O–H groups in total. The first-order valence-corrected chi connectivity index (χ1v) is 7.71. The number of pyridine rings is 1. The van der Waals surface area contributed by atoms with Gasteiger partial charge in [-0.3, -0.25) is 4.79 Å². The predicted molar refractivity (Wildman–Crippen MR) is 91.0 cm³/mol. The number of nitrogens with one attached hydrogen (secondary N) is 2. The number of fused-ring (bicyclic) bond motifs is 1. The van der Waals surface area contributed by atoms with Crippen LogP contribution in [0.2, 0.25) is 5.02 Å². The van der Waals surface area contributed by atoms with Gasteiger partial charge in [0, 0.05) is 33.2 Å². The zero-order valence-corrected chi connectivity index (χ0v) is 13.6. The number of H-pyrrole nitrogens is 1. The summed E-state index contributed by atoms with van der Waals surface area (Å²) in [6.07, 6.45) is 0. The first-order chi connectivity index (χ1) is 10.5. The van der Waals surface area contributed by atoms with E-state index < -0.39 is 0 Å². The van der Waals surface area contributed by atoms with Gasteiger partial charge in [-0.15, -0.1) is 0 Å². The summed E-state index contributed by atoms with van der Waals surface area (Å²) in [6.45, 7) is 0.314. The summed E-state index contributed by atoms with van der Waals surface area (Å²) in [5.74, 6) is -0.377. The van der Waals surface area contributed by atoms with E-state index in [1.807, 2.05) is 12.1 Å². The van der Waals surface area contributed by atoms with Crippen LogP contribution in [0.5, 0.6) is 0 Å². The summed E-state index contributed by atoms with van der Waals surface area (Å²) in [5, 5.41) is 4.15. The normalized spacial score (nSPS) is 10.9. The van der Waals surface area contributed by atoms with Crippen LogP contribution < -0.4 is 10.9 Å². The second-order valence-electron chi connectivity index (χ2n) is 4.80. The van der Waals surface area contributed by atoms with Crippen LogP contribution in [0.4, 0.5) is 10.1 Å². The number of hydrogen-bond acceptors (Lipinski definition) is 2. The number of aromatic nitrogens is 1. The van der Waals surface area contributed by atoms with E-state index >= 15 is 0 Å². The maximum atomic E-state index is 14.2. The number of hydrogen-bond donors (Lipinski definition) is 2. The van der Waals surface area contributed by atoms with E-state index in [4.69, 9.17) is 11.6 Å². The summed E-state index contributed by atoms with van der Waals surface area (Å²) in [6, 6.07) is 11.5. The second kappa shape index (κ2) is 6.10. The molecule has 1 heterocycles. The van der Waals surface area contributed by atoms with Crippen LogP contribution in [0.1, 0.15) is 5.56 Å². The van der Waals surface area contributed by atoms with Gasteiger partial charge in [0.15, 0.2) is 0 Å². The molecule has 0 spiro atoms. The fourth-order valence-corrected chi connectivity index (χ4v) is 2.93. The van der Waals surface area contributed by atoms with Gasteiger partial charge in [-0.2, -0.15) is 0 Å². The topological polar surface area (TPSA) is 44.9 Å². The minimum atomic E-state index is -0.377. The Morgan fingerprint density at radius 3 is 2.82 bits per heavy atom. The van der Waals surface area contributed by atoms with E-state index in [0.717, 1.165) is 5.69 Å². The Labute approximate surface area is 139 Å². The number of halogens is 3. The highest BCUT2D eigenvalue weighted by Gasteiger charge is 2.11. The Hall–Kier alpha value is -1.85. The first kappa shape index (κ1) is 15.1. The third-order valence-electron chi connectivity index (χ3n) is 3.29. The van der Waals surface area contributed by atoms with Gasteiger partial charge in [0.1, 0.15) is 5.82 Å². The van der Waals surface area contributed by atoms with E-state index in [2.05, 4.69) is 26.2 Å². The van der Waals surface area contributed by atoms with Crippen LogP contribution >= 0.6 is 27.5 Å². The molecule has 0 radical (unpaired) electrons. The molecule has 3 aromatic rings. The SMILES string of the molecule is O=c1cc(CNc2cccc(Cl)c2)c2c(F)ccc(Br)c2[nH]1. The van der Waals surface area contributed by atoms with Crippen molar-refractivity contribution in [1.29, 1.82) is 0 Å². The average molecular weight is 382 g/mol. The highest BCUT2D eigenvalue weighted by atomic mass is 79.9. The molecule has 0 aliphatic rings. The van der Waals surface area contributed by atoms with Gasteiger partial charge in [-0.1, -0.05) is 17.7 Å². The zero-order valence-electron chi connectivity index (χ0n) is 11.3. The monoisotopic (exact) mass is 380 g/mol. The number of aromatic amines is 1. The molecule has 0 unspecified atom stereocenters. The summed E-state index contributed by atoms with van der Waals surface area (Å²) >= 11 is 9.26. The van der Waals surface area contributed by atoms with E-state index in [1.165, 1.54) is 12.1 Å². The van der Waals surface area contributed by atoms with Gasteiger partial charge in [-0.25, -0.2) is 4.39 Å². The smallest absolute Gasteiger partial charge is 0.248 e. The van der Waals surface area contributed by atoms with Crippen LogP contribution in [0.15, 0.2) is 51.7 Å². The Balaban J connectivity index is 2.03. The minimum absolute atomic E-state index is 0.276. The maximum Gasteiger partial charge on any atom is 0.248 e. The Morgan fingerprint density at radius 2 is 2.05 bits per heavy atom. The molecule has 0 saturated carbocycles. The molecule has 0 aliphatic heterocycles. The standard InChI is InChI=1S/C16H11BrClFN2O/c17-12-4-5-13(19)15-9(6-14(22)21-16(12)15)8-20-11-3-1-2-10(18)7-11/h1-7,20H,8H2,(H,21,22). The molecular formula is C16H11BrClFN2O. The molecule has 112 valence electrons. The van der Waals surface area contributed by atoms with Crippen molar-refractivity contribution in [3.63, 3.8) is 0 Å². The van der Waals surface area contributed by atoms with Crippen molar-refractivity contribution >= 4 is 44.1 Å². The lowest BCUT2D eigenvalue weighted by atomic mass is 10.1. The fraction of sp³-hybridized carbons (Fsp3) is 0.0625. The molecule has 1 aromatic heterocycles. The molecule has 2 aromatic carbocycles. The van der Waals surface area contributed by atoms with Crippen molar-refractivity contribution < 1.29 is 4.39 Å². The van der Waals surface area contributed by atoms with E-state index in [1.54, 1.807) is 18.2 Å². The number of rotatable bonds is 3. The van der Waals surface area contributed by atoms with Gasteiger partial charge in [-0.05, 0) is 51.8 Å². The molecule has 0 atom stereocenters. The predicted octanol–water partition coefficient (Wildman–Crippen LogP) is 4.70. The number of anilines is 1. The van der Waals surface area contributed by atoms with E-state index in [9.17, 15) is 9.18 Å². The van der Waals surface area contributed by atoms with Crippen LogP contribution in [-0.2, 0) is 6.54 Å². The maximum absolute atomic E-state index is 14.2. The third kappa shape index (κ3) is 3.00. The first-order valence-electron chi connectivity index (χ1n) is 6.54. The summed E-state index contributed by atoms with van der Waals surface area (Å²) in [5.41, 5.74) is 1.56. The van der Waals surface area contributed by atoms with Crippen molar-refractivity contribution in [2.75, 3.05) is 5.32 Å². The highest BCUT2D eigenvalue weighted by Crippen LogP contribution is 2.27. The molecule has 3 rings (SSSR count). The molecule has 0 fully saturated rings. The highest BCUT2D eigenvalue weighted by molar-refractivity contribution is 9.10. The van der Waals surface area contributed by atoms with Crippen molar-refractivity contribution in [2.24, 2.45) is 0 Å². The Morgan fingerprint density at radius 1 is 1.23 bits per heavy atom. The van der Waals surface area contributed by atoms with Crippen molar-refractivity contribution in [3.8, 4) is 0 Å². The van der Waals surface area contributed by atoms with Gasteiger partial charge >= 0.3 is 0 Å². The van der Waals surface area contributed by atoms with E-state index in [-0.39, 0.29) is 11.4 Å². The fourth-order valence-electron chi connectivity index (χ4n) is 2.31. The molecule has 3 nitrogen and oxygen atoms in total. The summed E-state index contributed by atoms with van der Waals surface area (Å²) in [7, 11) is 0. The van der Waals surface area contributed by atoms with Crippen LogP contribution in [0.3, 0.4) is 0 Å². The lowest BCUT2D eigenvalue weighted by Gasteiger charge is -2.11. The van der Waals surface area contributed by atoms with Crippen molar-refractivity contribution in [3.05, 3.63) is 73.7 Å². The number of benzene rings is 2. The Kier molecular flexibility index (Phi) is 4.18. The van der Waals surface area contributed by atoms with Crippen LogP contribution in [0, 0.1) is 5.82 Å². The lowest BCUT2D eigenvalue weighted by Crippen LogP contribution is -2.10. The largest absolute Gasteiger partial charge is 0.381 e. The molecule has 0 aliphatic carbocycles. The van der Waals surface area contributed by atoms with Gasteiger partial charge in [0.05, 0.1) is 5.52 Å². The average Bonchev–Trinajstić information content (AvgIpc) is 2.48. The molecule has 0 amide bonds. The molecule has 0 saturated heterocycles. The molecule has 22 heavy (non-hydrogen) atoms. The summed E-state index contributed by atoms with van der Waals surface area (Å²) in [4.78, 5) is 14.4. The van der Waals surface area contributed by atoms with Gasteiger partial charge < -0.3 is 10.3 Å². The summed E-state index contributed by atoms with van der Waals surface area (Å²) < 4.78 is 14.8. The van der Waals surface area contributed by atoms with Crippen LogP contribution in [0.25, 0.3) is 10.9 Å². The van der Waals surface area contributed by atoms with Gasteiger partial charge in [0.25, 0.3) is 0 Å². The third-order valence-corrected chi connectivity index (χ3v) is 4.18. The van der Waals surface area contributed by atoms with Crippen molar-refractivity contribution in [1.82, 2.24) is 4.98 Å². The zero-order chi connectivity index (χ0) is 15.7.